The van der Waals surface area contributed by atoms with Crippen LogP contribution >= 0.6 is 23.1 Å². The molecule has 2 rings (SSSR count). The van der Waals surface area contributed by atoms with E-state index in [9.17, 15) is 4.79 Å². The predicted octanol–water partition coefficient (Wildman–Crippen LogP) is 1.76. The van der Waals surface area contributed by atoms with E-state index in [1.165, 1.54) is 11.3 Å². The molecular weight excluding hydrogens is 206 g/mol. The van der Waals surface area contributed by atoms with Gasteiger partial charge in [0.25, 0.3) is 0 Å². The average molecular weight is 215 g/mol. The molecule has 1 unspecified atom stereocenters. The van der Waals surface area contributed by atoms with Gasteiger partial charge >= 0.3 is 0 Å². The number of hydrogen-bond donors (Lipinski definition) is 0. The average Bonchev–Trinajstić information content (AvgIpc) is 2.67. The van der Waals surface area contributed by atoms with E-state index in [1.54, 1.807) is 5.38 Å². The van der Waals surface area contributed by atoms with Gasteiger partial charge in [-0.15, -0.1) is 11.3 Å². The molecule has 1 aliphatic rings. The summed E-state index contributed by atoms with van der Waals surface area (Å²) in [6, 6.07) is 0. The molecule has 2 heterocycles. The Morgan fingerprint density at radius 2 is 2.62 bits per heavy atom. The largest absolute Gasteiger partial charge is 0.369 e. The van der Waals surface area contributed by atoms with Gasteiger partial charge in [0.05, 0.1) is 6.61 Å². The minimum absolute atomic E-state index is 0.0949. The topological polar surface area (TPSA) is 39.2 Å². The van der Waals surface area contributed by atoms with Gasteiger partial charge in [-0.1, -0.05) is 0 Å². The Bertz CT molecular complexity index is 294. The quantitative estimate of drug-likeness (QED) is 0.705. The van der Waals surface area contributed by atoms with Crippen molar-refractivity contribution < 1.29 is 9.53 Å². The third-order valence-corrected chi connectivity index (χ3v) is 3.70. The number of rotatable bonds is 2. The number of thiazole rings is 1. The van der Waals surface area contributed by atoms with Gasteiger partial charge in [0.15, 0.2) is 6.29 Å². The van der Waals surface area contributed by atoms with E-state index >= 15 is 0 Å². The molecule has 13 heavy (non-hydrogen) atoms. The van der Waals surface area contributed by atoms with Gasteiger partial charge in [-0.05, 0) is 0 Å². The summed E-state index contributed by atoms with van der Waals surface area (Å²) in [6.45, 7) is 0.783. The number of aldehydes is 1. The first-order valence-electron chi connectivity index (χ1n) is 4.00. The molecule has 0 bridgehead atoms. The van der Waals surface area contributed by atoms with Crippen molar-refractivity contribution in [2.75, 3.05) is 18.1 Å². The number of carbonyl (C=O) groups is 1. The number of carbonyl (C=O) groups excluding carboxylic acids is 1. The second-order valence-corrected chi connectivity index (χ2v) is 4.70. The summed E-state index contributed by atoms with van der Waals surface area (Å²) in [5, 5.41) is 2.69. The Kier molecular flexibility index (Phi) is 2.97. The molecule has 0 spiro atoms. The van der Waals surface area contributed by atoms with Crippen molar-refractivity contribution >= 4 is 29.4 Å². The zero-order valence-electron chi connectivity index (χ0n) is 6.93. The van der Waals surface area contributed by atoms with Gasteiger partial charge in [-0.2, -0.15) is 11.8 Å². The maximum Gasteiger partial charge on any atom is 0.169 e. The number of ether oxygens (including phenoxy) is 1. The molecule has 0 aliphatic carbocycles. The molecule has 1 atom stereocenters. The van der Waals surface area contributed by atoms with E-state index < -0.39 is 0 Å². The first kappa shape index (κ1) is 9.18. The van der Waals surface area contributed by atoms with E-state index in [2.05, 4.69) is 4.98 Å². The standard InChI is InChI=1S/C8H9NO2S2/c10-3-6-4-13-8(9-6)7-5-12-2-1-11-7/h3-4,7H,1-2,5H2. The summed E-state index contributed by atoms with van der Waals surface area (Å²) in [5.74, 6) is 2.01. The van der Waals surface area contributed by atoms with Crippen LogP contribution in [0.4, 0.5) is 0 Å². The Labute approximate surface area is 84.5 Å². The highest BCUT2D eigenvalue weighted by molar-refractivity contribution is 7.99. The molecule has 70 valence electrons. The lowest BCUT2D eigenvalue weighted by Gasteiger charge is -2.19. The minimum Gasteiger partial charge on any atom is -0.369 e. The second-order valence-electron chi connectivity index (χ2n) is 2.66. The molecule has 1 aromatic rings. The van der Waals surface area contributed by atoms with Crippen LogP contribution in [0.25, 0.3) is 0 Å². The zero-order valence-corrected chi connectivity index (χ0v) is 8.57. The predicted molar refractivity (Wildman–Crippen MR) is 53.5 cm³/mol. The van der Waals surface area contributed by atoms with Gasteiger partial charge < -0.3 is 4.74 Å². The number of aromatic nitrogens is 1. The summed E-state index contributed by atoms with van der Waals surface area (Å²) in [4.78, 5) is 14.6. The monoisotopic (exact) mass is 215 g/mol. The van der Waals surface area contributed by atoms with Crippen molar-refractivity contribution in [3.63, 3.8) is 0 Å². The van der Waals surface area contributed by atoms with Crippen molar-refractivity contribution in [1.29, 1.82) is 0 Å². The summed E-state index contributed by atoms with van der Waals surface area (Å²) in [6.07, 6.45) is 0.869. The van der Waals surface area contributed by atoms with Crippen LogP contribution in [0.2, 0.25) is 0 Å². The lowest BCUT2D eigenvalue weighted by atomic mass is 10.4. The normalized spacial score (nSPS) is 22.9. The Hall–Kier alpha value is -0.390. The van der Waals surface area contributed by atoms with Crippen LogP contribution in [0.15, 0.2) is 5.38 Å². The summed E-state index contributed by atoms with van der Waals surface area (Å²) in [5.41, 5.74) is 0.513. The van der Waals surface area contributed by atoms with Gasteiger partial charge in [0.2, 0.25) is 0 Å². The SMILES string of the molecule is O=Cc1csc(C2CSCCO2)n1. The summed E-state index contributed by atoms with van der Waals surface area (Å²) in [7, 11) is 0. The molecule has 1 fully saturated rings. The number of nitrogens with zero attached hydrogens (tertiary/aromatic N) is 1. The molecule has 0 saturated carbocycles. The fourth-order valence-electron chi connectivity index (χ4n) is 1.13. The van der Waals surface area contributed by atoms with Gasteiger partial charge in [-0.25, -0.2) is 4.98 Å². The molecule has 3 nitrogen and oxygen atoms in total. The molecular formula is C8H9NO2S2. The Balaban J connectivity index is 2.09. The van der Waals surface area contributed by atoms with Gasteiger partial charge in [0.1, 0.15) is 16.8 Å². The van der Waals surface area contributed by atoms with Crippen LogP contribution in [0.3, 0.4) is 0 Å². The van der Waals surface area contributed by atoms with Crippen molar-refractivity contribution in [2.24, 2.45) is 0 Å². The Morgan fingerprint density at radius 1 is 1.69 bits per heavy atom. The first-order valence-corrected chi connectivity index (χ1v) is 6.03. The molecule has 1 saturated heterocycles. The molecule has 1 aromatic heterocycles. The minimum atomic E-state index is 0.0949. The second kappa shape index (κ2) is 4.21. The van der Waals surface area contributed by atoms with Crippen molar-refractivity contribution in [3.05, 3.63) is 16.1 Å². The highest BCUT2D eigenvalue weighted by atomic mass is 32.2. The number of thioether (sulfide) groups is 1. The van der Waals surface area contributed by atoms with E-state index in [0.29, 0.717) is 5.69 Å². The lowest BCUT2D eigenvalue weighted by molar-refractivity contribution is 0.0754. The third kappa shape index (κ3) is 2.10. The first-order chi connectivity index (χ1) is 6.40. The maximum atomic E-state index is 10.4. The fourth-order valence-corrected chi connectivity index (χ4v) is 2.90. The lowest BCUT2D eigenvalue weighted by Crippen LogP contribution is -2.15. The summed E-state index contributed by atoms with van der Waals surface area (Å²) >= 11 is 3.37. The third-order valence-electron chi connectivity index (χ3n) is 1.75. The van der Waals surface area contributed by atoms with Crippen LogP contribution in [-0.2, 0) is 4.74 Å². The van der Waals surface area contributed by atoms with Gasteiger partial charge in [0, 0.05) is 16.9 Å². The zero-order chi connectivity index (χ0) is 9.10. The van der Waals surface area contributed by atoms with Crippen LogP contribution in [0, 0.1) is 0 Å². The van der Waals surface area contributed by atoms with Gasteiger partial charge in [-0.3, -0.25) is 4.79 Å². The molecule has 5 heteroatoms. The molecule has 0 N–H and O–H groups in total. The Morgan fingerprint density at radius 3 is 3.23 bits per heavy atom. The van der Waals surface area contributed by atoms with E-state index in [-0.39, 0.29) is 6.10 Å². The number of hydrogen-bond acceptors (Lipinski definition) is 5. The van der Waals surface area contributed by atoms with E-state index in [4.69, 9.17) is 4.74 Å². The fraction of sp³-hybridized carbons (Fsp3) is 0.500. The van der Waals surface area contributed by atoms with Crippen LogP contribution < -0.4 is 0 Å². The summed E-state index contributed by atoms with van der Waals surface area (Å²) < 4.78 is 5.53. The van der Waals surface area contributed by atoms with Crippen molar-refractivity contribution in [2.45, 2.75) is 6.10 Å². The van der Waals surface area contributed by atoms with Crippen molar-refractivity contribution in [3.8, 4) is 0 Å². The molecule has 0 aromatic carbocycles. The van der Waals surface area contributed by atoms with Crippen molar-refractivity contribution in [1.82, 2.24) is 4.98 Å². The maximum absolute atomic E-state index is 10.4. The highest BCUT2D eigenvalue weighted by Crippen LogP contribution is 2.28. The highest BCUT2D eigenvalue weighted by Gasteiger charge is 2.19. The molecule has 0 amide bonds. The smallest absolute Gasteiger partial charge is 0.169 e. The molecule has 1 aliphatic heterocycles. The van der Waals surface area contributed by atoms with Crippen LogP contribution in [0.1, 0.15) is 21.6 Å². The van der Waals surface area contributed by atoms with Crippen LogP contribution in [-0.4, -0.2) is 29.4 Å². The van der Waals surface area contributed by atoms with E-state index in [0.717, 1.165) is 29.4 Å². The van der Waals surface area contributed by atoms with Crippen LogP contribution in [0.5, 0.6) is 0 Å². The van der Waals surface area contributed by atoms with E-state index in [1.807, 2.05) is 11.8 Å². The molecule has 0 radical (unpaired) electrons.